The molecule has 4 aromatic rings. The minimum atomic E-state index is 0.0713. The third-order valence-corrected chi connectivity index (χ3v) is 4.56. The Morgan fingerprint density at radius 1 is 1.24 bits per heavy atom. The molecule has 25 heavy (non-hydrogen) atoms. The van der Waals surface area contributed by atoms with Crippen molar-refractivity contribution in [1.29, 1.82) is 0 Å². The van der Waals surface area contributed by atoms with Gasteiger partial charge in [-0.1, -0.05) is 24.3 Å². The lowest BCUT2D eigenvalue weighted by molar-refractivity contribution is -0.129. The standard InChI is InChI=1S/C20H20N4O/c1-14-6-5-9-24-17(12-21-20(14)24)11-19(25)23(2)13-16-10-15-7-3-4-8-18(15)22-16/h3-10,12,22H,11,13H2,1-2H3. The fourth-order valence-electron chi connectivity index (χ4n) is 3.19. The first kappa shape index (κ1) is 15.4. The third kappa shape index (κ3) is 2.89. The molecule has 0 radical (unpaired) electrons. The van der Waals surface area contributed by atoms with Crippen LogP contribution in [0.3, 0.4) is 0 Å². The number of rotatable bonds is 4. The molecule has 1 amide bonds. The number of hydrogen-bond acceptors (Lipinski definition) is 2. The van der Waals surface area contributed by atoms with E-state index < -0.39 is 0 Å². The van der Waals surface area contributed by atoms with Crippen LogP contribution < -0.4 is 0 Å². The quantitative estimate of drug-likeness (QED) is 0.623. The lowest BCUT2D eigenvalue weighted by Crippen LogP contribution is -2.28. The van der Waals surface area contributed by atoms with Crippen LogP contribution in [0.4, 0.5) is 0 Å². The summed E-state index contributed by atoms with van der Waals surface area (Å²) < 4.78 is 1.99. The highest BCUT2D eigenvalue weighted by Crippen LogP contribution is 2.16. The maximum atomic E-state index is 12.6. The van der Waals surface area contributed by atoms with Crippen LogP contribution in [0.2, 0.25) is 0 Å². The molecule has 3 aromatic heterocycles. The van der Waals surface area contributed by atoms with E-state index in [9.17, 15) is 4.79 Å². The predicted molar refractivity (Wildman–Crippen MR) is 98.4 cm³/mol. The summed E-state index contributed by atoms with van der Waals surface area (Å²) in [4.78, 5) is 22.2. The van der Waals surface area contributed by atoms with Crippen LogP contribution in [0, 0.1) is 6.92 Å². The minimum Gasteiger partial charge on any atom is -0.357 e. The number of carbonyl (C=O) groups is 1. The fourth-order valence-corrected chi connectivity index (χ4v) is 3.19. The van der Waals surface area contributed by atoms with E-state index in [4.69, 9.17) is 0 Å². The molecule has 1 aromatic carbocycles. The lowest BCUT2D eigenvalue weighted by atomic mass is 10.2. The van der Waals surface area contributed by atoms with Gasteiger partial charge in [0.15, 0.2) is 0 Å². The summed E-state index contributed by atoms with van der Waals surface area (Å²) in [6.07, 6.45) is 4.08. The van der Waals surface area contributed by atoms with Gasteiger partial charge < -0.3 is 14.3 Å². The molecule has 0 fully saturated rings. The summed E-state index contributed by atoms with van der Waals surface area (Å²) in [5.74, 6) is 0.0713. The van der Waals surface area contributed by atoms with Gasteiger partial charge >= 0.3 is 0 Å². The second-order valence-electron chi connectivity index (χ2n) is 6.44. The number of nitrogens with one attached hydrogen (secondary N) is 1. The molecule has 0 spiro atoms. The first-order valence-electron chi connectivity index (χ1n) is 8.34. The van der Waals surface area contributed by atoms with E-state index in [0.717, 1.165) is 33.5 Å². The number of likely N-dealkylation sites (N-methyl/N-ethyl adjacent to an activating group) is 1. The average molecular weight is 332 g/mol. The minimum absolute atomic E-state index is 0.0713. The Bertz CT molecular complexity index is 1030. The second-order valence-corrected chi connectivity index (χ2v) is 6.44. The summed E-state index contributed by atoms with van der Waals surface area (Å²) in [5.41, 5.74) is 5.05. The Morgan fingerprint density at radius 2 is 2.08 bits per heavy atom. The van der Waals surface area contributed by atoms with E-state index >= 15 is 0 Å². The van der Waals surface area contributed by atoms with Crippen LogP contribution in [0.1, 0.15) is 17.0 Å². The monoisotopic (exact) mass is 332 g/mol. The fraction of sp³-hybridized carbons (Fsp3) is 0.200. The van der Waals surface area contributed by atoms with Crippen LogP contribution >= 0.6 is 0 Å². The van der Waals surface area contributed by atoms with E-state index in [1.165, 1.54) is 0 Å². The number of aryl methyl sites for hydroxylation is 1. The molecular weight excluding hydrogens is 312 g/mol. The van der Waals surface area contributed by atoms with Crippen LogP contribution in [-0.4, -0.2) is 32.2 Å². The van der Waals surface area contributed by atoms with Crippen molar-refractivity contribution in [2.24, 2.45) is 0 Å². The molecule has 5 nitrogen and oxygen atoms in total. The van der Waals surface area contributed by atoms with Crippen molar-refractivity contribution in [3.05, 3.63) is 71.8 Å². The smallest absolute Gasteiger partial charge is 0.228 e. The number of aromatic amines is 1. The Balaban J connectivity index is 1.50. The van der Waals surface area contributed by atoms with Gasteiger partial charge in [-0.3, -0.25) is 4.79 Å². The zero-order valence-corrected chi connectivity index (χ0v) is 14.4. The molecule has 0 aliphatic carbocycles. The molecule has 0 aliphatic heterocycles. The number of nitrogens with zero attached hydrogens (tertiary/aromatic N) is 3. The summed E-state index contributed by atoms with van der Waals surface area (Å²) in [5, 5.41) is 1.16. The van der Waals surface area contributed by atoms with Gasteiger partial charge in [-0.15, -0.1) is 0 Å². The van der Waals surface area contributed by atoms with Gasteiger partial charge in [0.25, 0.3) is 0 Å². The van der Waals surface area contributed by atoms with Crippen molar-refractivity contribution in [2.75, 3.05) is 7.05 Å². The van der Waals surface area contributed by atoms with E-state index in [0.29, 0.717) is 13.0 Å². The van der Waals surface area contributed by atoms with Gasteiger partial charge in [0, 0.05) is 30.7 Å². The predicted octanol–water partition coefficient (Wildman–Crippen LogP) is 3.33. The second kappa shape index (κ2) is 6.09. The zero-order valence-electron chi connectivity index (χ0n) is 14.4. The first-order chi connectivity index (χ1) is 12.1. The number of benzene rings is 1. The zero-order chi connectivity index (χ0) is 17.4. The van der Waals surface area contributed by atoms with Crippen LogP contribution in [-0.2, 0) is 17.8 Å². The van der Waals surface area contributed by atoms with E-state index in [2.05, 4.69) is 22.1 Å². The van der Waals surface area contributed by atoms with Gasteiger partial charge in [0.1, 0.15) is 5.65 Å². The number of amides is 1. The molecule has 0 aliphatic rings. The number of fused-ring (bicyclic) bond motifs is 2. The molecule has 0 atom stereocenters. The highest BCUT2D eigenvalue weighted by Gasteiger charge is 2.14. The number of H-pyrrole nitrogens is 1. The number of carbonyl (C=O) groups excluding carboxylic acids is 1. The Labute approximate surface area is 145 Å². The summed E-state index contributed by atoms with van der Waals surface area (Å²) >= 11 is 0. The van der Waals surface area contributed by atoms with Crippen molar-refractivity contribution >= 4 is 22.5 Å². The highest BCUT2D eigenvalue weighted by molar-refractivity contribution is 5.81. The molecule has 4 rings (SSSR count). The average Bonchev–Trinajstić information content (AvgIpc) is 3.19. The highest BCUT2D eigenvalue weighted by atomic mass is 16.2. The number of aromatic nitrogens is 3. The van der Waals surface area contributed by atoms with Crippen LogP contribution in [0.5, 0.6) is 0 Å². The Morgan fingerprint density at radius 3 is 2.92 bits per heavy atom. The van der Waals surface area contributed by atoms with Gasteiger partial charge in [-0.25, -0.2) is 4.98 Å². The van der Waals surface area contributed by atoms with Crippen molar-refractivity contribution in [3.8, 4) is 0 Å². The van der Waals surface area contributed by atoms with E-state index in [1.807, 2.05) is 54.9 Å². The van der Waals surface area contributed by atoms with E-state index in [1.54, 1.807) is 11.1 Å². The maximum Gasteiger partial charge on any atom is 0.228 e. The van der Waals surface area contributed by atoms with Crippen molar-refractivity contribution in [2.45, 2.75) is 19.9 Å². The van der Waals surface area contributed by atoms with Crippen molar-refractivity contribution < 1.29 is 4.79 Å². The van der Waals surface area contributed by atoms with Gasteiger partial charge in [-0.05, 0) is 36.1 Å². The molecule has 3 heterocycles. The lowest BCUT2D eigenvalue weighted by Gasteiger charge is -2.16. The number of imidazole rings is 1. The largest absolute Gasteiger partial charge is 0.357 e. The summed E-state index contributed by atoms with van der Waals surface area (Å²) in [6.45, 7) is 2.58. The van der Waals surface area contributed by atoms with Crippen LogP contribution in [0.25, 0.3) is 16.6 Å². The van der Waals surface area contributed by atoms with E-state index in [-0.39, 0.29) is 5.91 Å². The number of pyridine rings is 1. The molecular formula is C20H20N4O. The third-order valence-electron chi connectivity index (χ3n) is 4.56. The molecule has 0 unspecified atom stereocenters. The molecule has 126 valence electrons. The maximum absolute atomic E-state index is 12.6. The molecule has 5 heteroatoms. The normalized spacial score (nSPS) is 11.3. The molecule has 0 saturated heterocycles. The molecule has 0 saturated carbocycles. The summed E-state index contributed by atoms with van der Waals surface area (Å²) in [7, 11) is 1.84. The number of para-hydroxylation sites is 1. The van der Waals surface area contributed by atoms with Crippen molar-refractivity contribution in [3.63, 3.8) is 0 Å². The van der Waals surface area contributed by atoms with Crippen LogP contribution in [0.15, 0.2) is 54.9 Å². The van der Waals surface area contributed by atoms with Gasteiger partial charge in [0.05, 0.1) is 18.7 Å². The number of hydrogen-bond donors (Lipinski definition) is 1. The Kier molecular flexibility index (Phi) is 3.76. The molecule has 1 N–H and O–H groups in total. The topological polar surface area (TPSA) is 53.4 Å². The Hall–Kier alpha value is -3.08. The molecule has 0 bridgehead atoms. The van der Waals surface area contributed by atoms with Gasteiger partial charge in [-0.2, -0.15) is 0 Å². The van der Waals surface area contributed by atoms with Gasteiger partial charge in [0.2, 0.25) is 5.91 Å². The van der Waals surface area contributed by atoms with Crippen molar-refractivity contribution in [1.82, 2.24) is 19.3 Å². The summed E-state index contributed by atoms with van der Waals surface area (Å²) in [6, 6.07) is 14.2. The SMILES string of the molecule is Cc1cccn2c(CC(=O)N(C)Cc3cc4ccccc4[nH]3)cnc12. The first-order valence-corrected chi connectivity index (χ1v) is 8.34.